The van der Waals surface area contributed by atoms with E-state index in [1.165, 1.54) is 24.3 Å². The van der Waals surface area contributed by atoms with Gasteiger partial charge in [0.05, 0.1) is 24.8 Å². The van der Waals surface area contributed by atoms with Gasteiger partial charge in [-0.25, -0.2) is 23.4 Å². The molecule has 1 aliphatic heterocycles. The van der Waals surface area contributed by atoms with Crippen LogP contribution in [0.3, 0.4) is 0 Å². The van der Waals surface area contributed by atoms with Crippen LogP contribution in [0.15, 0.2) is 45.8 Å². The van der Waals surface area contributed by atoms with Crippen molar-refractivity contribution in [3.8, 4) is 17.4 Å². The molecular formula is C21H16F4N6O3. The lowest BCUT2D eigenvalue weighted by Crippen LogP contribution is -2.33. The summed E-state index contributed by atoms with van der Waals surface area (Å²) in [7, 11) is 0. The molecule has 1 N–H and O–H groups in total. The fraction of sp³-hybridized carbons (Fsp3) is 0.238. The molecule has 1 aromatic carbocycles. The summed E-state index contributed by atoms with van der Waals surface area (Å²) in [5.41, 5.74) is 0.394. The predicted molar refractivity (Wildman–Crippen MR) is 109 cm³/mol. The van der Waals surface area contributed by atoms with Gasteiger partial charge in [0.15, 0.2) is 23.2 Å². The van der Waals surface area contributed by atoms with Gasteiger partial charge in [-0.3, -0.25) is 4.79 Å². The summed E-state index contributed by atoms with van der Waals surface area (Å²) in [4.78, 5) is 21.4. The Kier molecular flexibility index (Phi) is 5.51. The first-order valence-electron chi connectivity index (χ1n) is 10.1. The van der Waals surface area contributed by atoms with Crippen LogP contribution >= 0.6 is 0 Å². The van der Waals surface area contributed by atoms with Gasteiger partial charge in [-0.15, -0.1) is 0 Å². The normalized spacial score (nSPS) is 13.4. The van der Waals surface area contributed by atoms with Crippen molar-refractivity contribution in [1.29, 1.82) is 0 Å². The van der Waals surface area contributed by atoms with Crippen LogP contribution in [0, 0.1) is 11.6 Å². The number of benzene rings is 1. The average Bonchev–Trinajstić information content (AvgIpc) is 3.38. The zero-order chi connectivity index (χ0) is 23.8. The van der Waals surface area contributed by atoms with Crippen LogP contribution in [-0.4, -0.2) is 38.1 Å². The van der Waals surface area contributed by atoms with Crippen LogP contribution in [0.25, 0.3) is 11.5 Å². The molecule has 0 aliphatic carbocycles. The third kappa shape index (κ3) is 4.11. The zero-order valence-electron chi connectivity index (χ0n) is 17.3. The van der Waals surface area contributed by atoms with Gasteiger partial charge in [0.25, 0.3) is 5.56 Å². The fourth-order valence-corrected chi connectivity index (χ4v) is 3.72. The number of aromatic nitrogens is 5. The molecule has 0 spiro atoms. The predicted octanol–water partition coefficient (Wildman–Crippen LogP) is 3.11. The van der Waals surface area contributed by atoms with Crippen molar-refractivity contribution in [2.24, 2.45) is 0 Å². The van der Waals surface area contributed by atoms with Crippen molar-refractivity contribution >= 4 is 5.82 Å². The van der Waals surface area contributed by atoms with Crippen molar-refractivity contribution in [2.45, 2.75) is 26.1 Å². The number of nitrogens with one attached hydrogen (secondary N) is 1. The molecule has 0 radical (unpaired) electrons. The van der Waals surface area contributed by atoms with E-state index in [0.29, 0.717) is 24.3 Å². The Morgan fingerprint density at radius 1 is 1.21 bits per heavy atom. The first kappa shape index (κ1) is 21.7. The summed E-state index contributed by atoms with van der Waals surface area (Å²) >= 11 is 0. The second-order valence-corrected chi connectivity index (χ2v) is 7.47. The number of H-pyrrole nitrogens is 1. The number of halogens is 4. The summed E-state index contributed by atoms with van der Waals surface area (Å²) in [6.45, 7) is -2.94. The number of rotatable bonds is 6. The quantitative estimate of drug-likeness (QED) is 0.427. The Bertz CT molecular complexity index is 1400. The Morgan fingerprint density at radius 3 is 2.82 bits per heavy atom. The van der Waals surface area contributed by atoms with Crippen molar-refractivity contribution in [3.05, 3.63) is 75.4 Å². The lowest BCUT2D eigenvalue weighted by atomic mass is 10.1. The van der Waals surface area contributed by atoms with Crippen LogP contribution in [-0.2, 0) is 19.5 Å². The molecule has 0 atom stereocenters. The molecule has 5 rings (SSSR count). The van der Waals surface area contributed by atoms with Crippen molar-refractivity contribution in [3.63, 3.8) is 0 Å². The standard InChI is InChI=1S/C21H16F4N6O3/c22-13-4-2-1-3-11(13)9-31-17(33-21(24)25)7-15(28-31)18-26-8-14(23)19(27-18)30-6-5-12-16(10-30)34-29-20(12)32/h1-4,7-8,21H,5-6,9-10H2,(H,29,32). The average molecular weight is 476 g/mol. The summed E-state index contributed by atoms with van der Waals surface area (Å²) < 4.78 is 65.3. The van der Waals surface area contributed by atoms with E-state index in [0.717, 1.165) is 10.9 Å². The molecule has 1 aliphatic rings. The highest BCUT2D eigenvalue weighted by molar-refractivity contribution is 5.55. The molecule has 3 aromatic heterocycles. The van der Waals surface area contributed by atoms with E-state index in [-0.39, 0.29) is 47.4 Å². The highest BCUT2D eigenvalue weighted by Crippen LogP contribution is 2.28. The summed E-state index contributed by atoms with van der Waals surface area (Å²) in [6.07, 6.45) is 1.26. The van der Waals surface area contributed by atoms with Crippen LogP contribution in [0.5, 0.6) is 5.88 Å². The van der Waals surface area contributed by atoms with E-state index in [4.69, 9.17) is 4.52 Å². The Balaban J connectivity index is 1.48. The van der Waals surface area contributed by atoms with Crippen LogP contribution in [0.2, 0.25) is 0 Å². The molecule has 0 bridgehead atoms. The number of aromatic amines is 1. The second-order valence-electron chi connectivity index (χ2n) is 7.47. The van der Waals surface area contributed by atoms with Crippen LogP contribution in [0.1, 0.15) is 16.9 Å². The van der Waals surface area contributed by atoms with Gasteiger partial charge in [0.1, 0.15) is 11.5 Å². The number of hydrogen-bond acceptors (Lipinski definition) is 7. The van der Waals surface area contributed by atoms with Gasteiger partial charge < -0.3 is 14.2 Å². The number of anilines is 1. The number of hydrogen-bond donors (Lipinski definition) is 1. The van der Waals surface area contributed by atoms with Gasteiger partial charge in [0, 0.05) is 18.2 Å². The molecular weight excluding hydrogens is 460 g/mol. The molecule has 176 valence electrons. The number of nitrogens with zero attached hydrogens (tertiary/aromatic N) is 5. The lowest BCUT2D eigenvalue weighted by molar-refractivity contribution is -0.0556. The topological polar surface area (TPSA) is 102 Å². The minimum atomic E-state index is -3.15. The minimum absolute atomic E-state index is 0.0270. The molecule has 4 heterocycles. The van der Waals surface area contributed by atoms with Gasteiger partial charge in [-0.2, -0.15) is 19.0 Å². The Hall–Kier alpha value is -4.16. The van der Waals surface area contributed by atoms with Crippen molar-refractivity contribution in [2.75, 3.05) is 11.4 Å². The van der Waals surface area contributed by atoms with Gasteiger partial charge >= 0.3 is 6.61 Å². The third-order valence-electron chi connectivity index (χ3n) is 5.33. The van der Waals surface area contributed by atoms with Crippen molar-refractivity contribution in [1.82, 2.24) is 24.9 Å². The number of ether oxygens (including phenoxy) is 1. The van der Waals surface area contributed by atoms with E-state index in [1.807, 2.05) is 0 Å². The highest BCUT2D eigenvalue weighted by Gasteiger charge is 2.26. The zero-order valence-corrected chi connectivity index (χ0v) is 17.3. The maximum absolute atomic E-state index is 14.6. The molecule has 34 heavy (non-hydrogen) atoms. The number of fused-ring (bicyclic) bond motifs is 1. The van der Waals surface area contributed by atoms with Crippen LogP contribution in [0.4, 0.5) is 23.4 Å². The summed E-state index contributed by atoms with van der Waals surface area (Å²) in [5.74, 6) is -1.34. The molecule has 0 unspecified atom stereocenters. The monoisotopic (exact) mass is 476 g/mol. The molecule has 0 saturated heterocycles. The largest absolute Gasteiger partial charge is 0.417 e. The lowest BCUT2D eigenvalue weighted by Gasteiger charge is -2.26. The first-order chi connectivity index (χ1) is 16.4. The maximum atomic E-state index is 14.6. The van der Waals surface area contributed by atoms with Gasteiger partial charge in [-0.1, -0.05) is 18.2 Å². The molecule has 0 saturated carbocycles. The first-order valence-corrected chi connectivity index (χ1v) is 10.1. The molecule has 4 aromatic rings. The van der Waals surface area contributed by atoms with E-state index in [2.05, 4.69) is 25.0 Å². The van der Waals surface area contributed by atoms with E-state index >= 15 is 0 Å². The fourth-order valence-electron chi connectivity index (χ4n) is 3.72. The highest BCUT2D eigenvalue weighted by atomic mass is 19.3. The van der Waals surface area contributed by atoms with E-state index in [1.54, 1.807) is 11.0 Å². The molecule has 13 heteroatoms. The molecule has 9 nitrogen and oxygen atoms in total. The summed E-state index contributed by atoms with van der Waals surface area (Å²) in [6, 6.07) is 6.99. The Labute approximate surface area is 188 Å². The second kappa shape index (κ2) is 8.65. The van der Waals surface area contributed by atoms with Gasteiger partial charge in [0.2, 0.25) is 5.88 Å². The molecule has 0 amide bonds. The minimum Gasteiger partial charge on any atom is -0.417 e. The van der Waals surface area contributed by atoms with E-state index in [9.17, 15) is 22.4 Å². The van der Waals surface area contributed by atoms with E-state index < -0.39 is 18.2 Å². The van der Waals surface area contributed by atoms with Gasteiger partial charge in [-0.05, 0) is 12.5 Å². The van der Waals surface area contributed by atoms with Crippen LogP contribution < -0.4 is 15.2 Å². The Morgan fingerprint density at radius 2 is 2.03 bits per heavy atom. The third-order valence-corrected chi connectivity index (χ3v) is 5.33. The smallest absolute Gasteiger partial charge is 0.388 e. The maximum Gasteiger partial charge on any atom is 0.388 e. The SMILES string of the molecule is O=c1[nH]oc2c1CCN(c1nc(-c3cc(OC(F)F)n(Cc4ccccc4F)n3)ncc1F)C2. The molecule has 0 fully saturated rings. The summed E-state index contributed by atoms with van der Waals surface area (Å²) in [5, 5.41) is 6.44. The van der Waals surface area contributed by atoms with Crippen molar-refractivity contribution < 1.29 is 26.8 Å². The number of alkyl halides is 2.